The standard InChI is InChI=1S/C19H21N3O4S/c1-19(2,3)14-7-9-16(10-8-14)27-12-17(23)20-21-18(24)13-5-4-6-15(11-13)22(25)26/h4-11H,12H2,1-3H3,(H,20,23)(H,21,24). The average molecular weight is 387 g/mol. The number of nitrogens with zero attached hydrogens (tertiary/aromatic N) is 1. The number of rotatable bonds is 5. The van der Waals surface area contributed by atoms with Gasteiger partial charge in [0, 0.05) is 22.6 Å². The number of non-ortho nitro benzene ring substituents is 1. The van der Waals surface area contributed by atoms with Crippen molar-refractivity contribution in [1.29, 1.82) is 0 Å². The molecule has 27 heavy (non-hydrogen) atoms. The van der Waals surface area contributed by atoms with Gasteiger partial charge in [-0.25, -0.2) is 0 Å². The first-order valence-corrected chi connectivity index (χ1v) is 9.22. The summed E-state index contributed by atoms with van der Waals surface area (Å²) in [5.74, 6) is -0.866. The van der Waals surface area contributed by atoms with E-state index in [2.05, 4.69) is 31.6 Å². The van der Waals surface area contributed by atoms with E-state index in [4.69, 9.17) is 0 Å². The van der Waals surface area contributed by atoms with Crippen molar-refractivity contribution in [2.75, 3.05) is 5.75 Å². The quantitative estimate of drug-likeness (QED) is 0.465. The lowest BCUT2D eigenvalue weighted by molar-refractivity contribution is -0.384. The Morgan fingerprint density at radius 1 is 1.07 bits per heavy atom. The van der Waals surface area contributed by atoms with Crippen molar-refractivity contribution in [3.8, 4) is 0 Å². The van der Waals surface area contributed by atoms with E-state index in [1.54, 1.807) is 0 Å². The summed E-state index contributed by atoms with van der Waals surface area (Å²) in [7, 11) is 0. The molecule has 2 aromatic carbocycles. The van der Waals surface area contributed by atoms with Gasteiger partial charge in [-0.15, -0.1) is 11.8 Å². The number of carbonyl (C=O) groups excluding carboxylic acids is 2. The van der Waals surface area contributed by atoms with Crippen LogP contribution >= 0.6 is 11.8 Å². The molecular weight excluding hydrogens is 366 g/mol. The molecule has 0 heterocycles. The minimum absolute atomic E-state index is 0.0668. The van der Waals surface area contributed by atoms with Gasteiger partial charge in [-0.05, 0) is 29.2 Å². The summed E-state index contributed by atoms with van der Waals surface area (Å²) < 4.78 is 0. The number of carbonyl (C=O) groups is 2. The summed E-state index contributed by atoms with van der Waals surface area (Å²) >= 11 is 1.35. The van der Waals surface area contributed by atoms with Crippen LogP contribution in [0.25, 0.3) is 0 Å². The number of thioether (sulfide) groups is 1. The summed E-state index contributed by atoms with van der Waals surface area (Å²) in [6, 6.07) is 13.3. The summed E-state index contributed by atoms with van der Waals surface area (Å²) in [6.07, 6.45) is 0. The number of nitrogens with one attached hydrogen (secondary N) is 2. The van der Waals surface area contributed by atoms with E-state index in [1.807, 2.05) is 24.3 Å². The first kappa shape index (κ1) is 20.4. The Morgan fingerprint density at radius 2 is 1.74 bits per heavy atom. The monoisotopic (exact) mass is 387 g/mol. The Labute approximate surface area is 161 Å². The van der Waals surface area contributed by atoms with Gasteiger partial charge in [0.25, 0.3) is 11.6 Å². The number of amides is 2. The van der Waals surface area contributed by atoms with Crippen molar-refractivity contribution < 1.29 is 14.5 Å². The van der Waals surface area contributed by atoms with Crippen molar-refractivity contribution in [3.05, 3.63) is 69.8 Å². The van der Waals surface area contributed by atoms with Crippen molar-refractivity contribution in [1.82, 2.24) is 10.9 Å². The first-order chi connectivity index (χ1) is 12.7. The van der Waals surface area contributed by atoms with Gasteiger partial charge in [0.15, 0.2) is 0 Å². The van der Waals surface area contributed by atoms with Crippen LogP contribution in [0.15, 0.2) is 53.4 Å². The molecular formula is C19H21N3O4S. The molecule has 0 fully saturated rings. The van der Waals surface area contributed by atoms with E-state index in [0.29, 0.717) is 0 Å². The second-order valence-corrected chi connectivity index (χ2v) is 7.92. The molecule has 0 radical (unpaired) electrons. The number of hydrogen-bond donors (Lipinski definition) is 2. The highest BCUT2D eigenvalue weighted by Gasteiger charge is 2.14. The maximum Gasteiger partial charge on any atom is 0.270 e. The van der Waals surface area contributed by atoms with Crippen LogP contribution in [-0.2, 0) is 10.2 Å². The lowest BCUT2D eigenvalue weighted by Gasteiger charge is -2.19. The third-order valence-electron chi connectivity index (χ3n) is 3.72. The van der Waals surface area contributed by atoms with E-state index < -0.39 is 10.8 Å². The molecule has 142 valence electrons. The topological polar surface area (TPSA) is 101 Å². The fourth-order valence-electron chi connectivity index (χ4n) is 2.20. The van der Waals surface area contributed by atoms with Crippen LogP contribution in [0, 0.1) is 10.1 Å². The minimum Gasteiger partial charge on any atom is -0.272 e. The Hall–Kier alpha value is -2.87. The van der Waals surface area contributed by atoms with Gasteiger partial charge < -0.3 is 0 Å². The highest BCUT2D eigenvalue weighted by Crippen LogP contribution is 2.25. The number of hydrazine groups is 1. The molecule has 0 aliphatic rings. The summed E-state index contributed by atoms with van der Waals surface area (Å²) in [5.41, 5.74) is 5.74. The molecule has 0 aliphatic carbocycles. The maximum absolute atomic E-state index is 12.0. The largest absolute Gasteiger partial charge is 0.272 e. The fourth-order valence-corrected chi connectivity index (χ4v) is 2.89. The van der Waals surface area contributed by atoms with Crippen LogP contribution in [0.1, 0.15) is 36.7 Å². The molecule has 2 amide bonds. The number of nitro benzene ring substituents is 1. The summed E-state index contributed by atoms with van der Waals surface area (Å²) in [4.78, 5) is 35.0. The van der Waals surface area contributed by atoms with Gasteiger partial charge in [-0.3, -0.25) is 30.6 Å². The molecule has 8 heteroatoms. The van der Waals surface area contributed by atoms with Gasteiger partial charge in [0.1, 0.15) is 0 Å². The lowest BCUT2D eigenvalue weighted by atomic mass is 9.87. The number of hydrogen-bond acceptors (Lipinski definition) is 5. The molecule has 0 aliphatic heterocycles. The highest BCUT2D eigenvalue weighted by molar-refractivity contribution is 8.00. The SMILES string of the molecule is CC(C)(C)c1ccc(SCC(=O)NNC(=O)c2cccc([N+](=O)[O-])c2)cc1. The molecule has 0 saturated heterocycles. The van der Waals surface area contributed by atoms with Crippen LogP contribution in [0.5, 0.6) is 0 Å². The highest BCUT2D eigenvalue weighted by atomic mass is 32.2. The molecule has 0 spiro atoms. The Bertz CT molecular complexity index is 845. The second kappa shape index (κ2) is 8.68. The van der Waals surface area contributed by atoms with Gasteiger partial charge in [-0.2, -0.15) is 0 Å². The molecule has 0 bridgehead atoms. The summed E-state index contributed by atoms with van der Waals surface area (Å²) in [5, 5.41) is 10.7. The first-order valence-electron chi connectivity index (χ1n) is 8.24. The Balaban J connectivity index is 1.83. The normalized spacial score (nSPS) is 10.9. The predicted octanol–water partition coefficient (Wildman–Crippen LogP) is 3.45. The lowest BCUT2D eigenvalue weighted by Crippen LogP contribution is -2.42. The zero-order valence-electron chi connectivity index (χ0n) is 15.3. The number of benzene rings is 2. The van der Waals surface area contributed by atoms with Crippen molar-refractivity contribution in [3.63, 3.8) is 0 Å². The second-order valence-electron chi connectivity index (χ2n) is 6.87. The molecule has 0 aromatic heterocycles. The maximum atomic E-state index is 12.0. The minimum atomic E-state index is -0.619. The van der Waals surface area contributed by atoms with Crippen molar-refractivity contribution in [2.24, 2.45) is 0 Å². The van der Waals surface area contributed by atoms with E-state index in [9.17, 15) is 19.7 Å². The zero-order chi connectivity index (χ0) is 20.0. The summed E-state index contributed by atoms with van der Waals surface area (Å²) in [6.45, 7) is 6.39. The molecule has 2 aromatic rings. The average Bonchev–Trinajstić information content (AvgIpc) is 2.64. The molecule has 0 unspecified atom stereocenters. The van der Waals surface area contributed by atoms with Gasteiger partial charge in [0.05, 0.1) is 10.7 Å². The molecule has 2 rings (SSSR count). The van der Waals surface area contributed by atoms with E-state index in [0.717, 1.165) is 11.0 Å². The third kappa shape index (κ3) is 6.10. The number of nitro groups is 1. The van der Waals surface area contributed by atoms with Crippen molar-refractivity contribution in [2.45, 2.75) is 31.1 Å². The molecule has 2 N–H and O–H groups in total. The van der Waals surface area contributed by atoms with Crippen LogP contribution < -0.4 is 10.9 Å². The molecule has 0 atom stereocenters. The van der Waals surface area contributed by atoms with Gasteiger partial charge in [-0.1, -0.05) is 39.0 Å². The van der Waals surface area contributed by atoms with E-state index in [1.165, 1.54) is 35.5 Å². The smallest absolute Gasteiger partial charge is 0.270 e. The van der Waals surface area contributed by atoms with Gasteiger partial charge in [0.2, 0.25) is 5.91 Å². The third-order valence-corrected chi connectivity index (χ3v) is 4.74. The fraction of sp³-hybridized carbons (Fsp3) is 0.263. The Kier molecular flexibility index (Phi) is 6.57. The van der Waals surface area contributed by atoms with E-state index in [-0.39, 0.29) is 28.3 Å². The van der Waals surface area contributed by atoms with Crippen LogP contribution in [0.4, 0.5) is 5.69 Å². The Morgan fingerprint density at radius 3 is 2.33 bits per heavy atom. The van der Waals surface area contributed by atoms with Crippen LogP contribution in [0.3, 0.4) is 0 Å². The van der Waals surface area contributed by atoms with E-state index >= 15 is 0 Å². The van der Waals surface area contributed by atoms with Crippen LogP contribution in [-0.4, -0.2) is 22.5 Å². The zero-order valence-corrected chi connectivity index (χ0v) is 16.1. The molecule has 0 saturated carbocycles. The molecule has 7 nitrogen and oxygen atoms in total. The van der Waals surface area contributed by atoms with Crippen molar-refractivity contribution >= 4 is 29.3 Å². The predicted molar refractivity (Wildman–Crippen MR) is 105 cm³/mol. The van der Waals surface area contributed by atoms with Gasteiger partial charge >= 0.3 is 0 Å². The van der Waals surface area contributed by atoms with Crippen LogP contribution in [0.2, 0.25) is 0 Å².